The van der Waals surface area contributed by atoms with E-state index in [1.807, 2.05) is 0 Å². The highest BCUT2D eigenvalue weighted by Crippen LogP contribution is 2.63. The molecule has 51 heavy (non-hydrogen) atoms. The maximum Gasteiger partial charge on any atom is 0.0726 e. The van der Waals surface area contributed by atoms with E-state index in [1.54, 1.807) is 0 Å². The van der Waals surface area contributed by atoms with Crippen LogP contribution in [-0.4, -0.2) is 4.57 Å². The maximum absolute atomic E-state index is 2.52. The van der Waals surface area contributed by atoms with Crippen molar-refractivity contribution in [2.24, 2.45) is 0 Å². The first-order chi connectivity index (χ1) is 25.3. The van der Waals surface area contributed by atoms with E-state index in [4.69, 9.17) is 0 Å². The Bertz CT molecular complexity index is 2720. The van der Waals surface area contributed by atoms with Gasteiger partial charge in [0.1, 0.15) is 0 Å². The molecule has 0 atom stereocenters. The van der Waals surface area contributed by atoms with Gasteiger partial charge in [-0.3, -0.25) is 0 Å². The lowest BCUT2D eigenvalue weighted by atomic mass is 9.70. The van der Waals surface area contributed by atoms with Gasteiger partial charge in [-0.15, -0.1) is 0 Å². The zero-order valence-corrected chi connectivity index (χ0v) is 27.9. The average Bonchev–Trinajstić information content (AvgIpc) is 3.81. The Hall–Kier alpha value is -6.64. The first-order valence-electron chi connectivity index (χ1n) is 17.7. The van der Waals surface area contributed by atoms with Crippen molar-refractivity contribution in [3.8, 4) is 27.9 Å². The van der Waals surface area contributed by atoms with Gasteiger partial charge in [-0.05, 0) is 87.5 Å². The second-order valence-electron chi connectivity index (χ2n) is 13.6. The molecule has 1 spiro atoms. The van der Waals surface area contributed by atoms with Gasteiger partial charge in [-0.25, -0.2) is 0 Å². The molecule has 2 heteroatoms. The Morgan fingerprint density at radius 3 is 1.53 bits per heavy atom. The fourth-order valence-corrected chi connectivity index (χ4v) is 9.27. The van der Waals surface area contributed by atoms with E-state index in [-0.39, 0.29) is 0 Å². The van der Waals surface area contributed by atoms with Crippen LogP contribution in [0, 0.1) is 0 Å². The van der Waals surface area contributed by atoms with Crippen LogP contribution in [0.1, 0.15) is 22.3 Å². The van der Waals surface area contributed by atoms with Gasteiger partial charge in [-0.1, -0.05) is 146 Å². The van der Waals surface area contributed by atoms with Gasteiger partial charge < -0.3 is 9.47 Å². The number of nitrogens with zero attached hydrogens (tertiary/aromatic N) is 2. The van der Waals surface area contributed by atoms with Crippen molar-refractivity contribution in [3.05, 3.63) is 216 Å². The van der Waals surface area contributed by atoms with Gasteiger partial charge in [0, 0.05) is 33.4 Å². The van der Waals surface area contributed by atoms with E-state index in [0.717, 1.165) is 17.1 Å². The molecule has 0 aliphatic heterocycles. The summed E-state index contributed by atoms with van der Waals surface area (Å²) in [5.41, 5.74) is 17.2. The van der Waals surface area contributed by atoms with E-state index in [0.29, 0.717) is 0 Å². The Balaban J connectivity index is 1.23. The zero-order chi connectivity index (χ0) is 33.5. The summed E-state index contributed by atoms with van der Waals surface area (Å²) < 4.78 is 2.52. The van der Waals surface area contributed by atoms with Crippen LogP contribution in [0.5, 0.6) is 0 Å². The van der Waals surface area contributed by atoms with Gasteiger partial charge in [-0.2, -0.15) is 0 Å². The molecule has 1 aromatic heterocycles. The molecule has 0 N–H and O–H groups in total. The van der Waals surface area contributed by atoms with Crippen molar-refractivity contribution < 1.29 is 0 Å². The molecule has 0 saturated heterocycles. The predicted octanol–water partition coefficient (Wildman–Crippen LogP) is 12.6. The molecule has 0 unspecified atom stereocenters. The molecule has 0 bridgehead atoms. The number of rotatable bonds is 4. The topological polar surface area (TPSA) is 8.17 Å². The number of anilines is 3. The number of hydrogen-bond acceptors (Lipinski definition) is 1. The lowest BCUT2D eigenvalue weighted by Crippen LogP contribution is -2.25. The Morgan fingerprint density at radius 1 is 0.353 bits per heavy atom. The molecule has 1 heterocycles. The van der Waals surface area contributed by atoms with Gasteiger partial charge in [0.25, 0.3) is 0 Å². The van der Waals surface area contributed by atoms with Crippen LogP contribution in [0.15, 0.2) is 194 Å². The summed E-state index contributed by atoms with van der Waals surface area (Å²) in [6, 6.07) is 71.3. The summed E-state index contributed by atoms with van der Waals surface area (Å²) in [5, 5.41) is 2.49. The highest BCUT2D eigenvalue weighted by molar-refractivity contribution is 6.11. The first-order valence-corrected chi connectivity index (χ1v) is 17.7. The fourth-order valence-electron chi connectivity index (χ4n) is 9.27. The quantitative estimate of drug-likeness (QED) is 0.184. The molecule has 2 nitrogen and oxygen atoms in total. The molecule has 11 rings (SSSR count). The van der Waals surface area contributed by atoms with Crippen LogP contribution in [0.2, 0.25) is 0 Å². The second-order valence-corrected chi connectivity index (χ2v) is 13.6. The average molecular weight is 649 g/mol. The summed E-state index contributed by atoms with van der Waals surface area (Å²) >= 11 is 0. The lowest BCUT2D eigenvalue weighted by Gasteiger charge is -2.30. The highest BCUT2D eigenvalue weighted by Gasteiger charge is 2.52. The second kappa shape index (κ2) is 10.7. The summed E-state index contributed by atoms with van der Waals surface area (Å²) in [6.07, 6.45) is 0. The normalized spacial score (nSPS) is 13.3. The van der Waals surface area contributed by atoms with Crippen molar-refractivity contribution in [2.75, 3.05) is 4.90 Å². The number of para-hydroxylation sites is 3. The molecule has 8 aromatic carbocycles. The molecular formula is C49H32N2. The smallest absolute Gasteiger partial charge is 0.0726 e. The number of benzene rings is 8. The Labute approximate surface area is 297 Å². The third-order valence-electron chi connectivity index (χ3n) is 11.2. The Kier molecular flexibility index (Phi) is 5.91. The van der Waals surface area contributed by atoms with Crippen LogP contribution in [-0.2, 0) is 5.41 Å². The van der Waals surface area contributed by atoms with Crippen molar-refractivity contribution in [2.45, 2.75) is 5.41 Å². The predicted molar refractivity (Wildman–Crippen MR) is 212 cm³/mol. The molecule has 0 saturated carbocycles. The van der Waals surface area contributed by atoms with Crippen LogP contribution >= 0.6 is 0 Å². The molecule has 2 aliphatic rings. The molecule has 9 aromatic rings. The van der Waals surface area contributed by atoms with Crippen LogP contribution in [0.3, 0.4) is 0 Å². The van der Waals surface area contributed by atoms with E-state index in [2.05, 4.69) is 204 Å². The van der Waals surface area contributed by atoms with Gasteiger partial charge in [0.05, 0.1) is 22.1 Å². The van der Waals surface area contributed by atoms with E-state index < -0.39 is 5.41 Å². The number of hydrogen-bond donors (Lipinski definition) is 0. The van der Waals surface area contributed by atoms with Crippen molar-refractivity contribution in [1.82, 2.24) is 4.57 Å². The molecule has 0 amide bonds. The third-order valence-corrected chi connectivity index (χ3v) is 11.2. The third kappa shape index (κ3) is 3.76. The molecule has 238 valence electrons. The van der Waals surface area contributed by atoms with Crippen LogP contribution in [0.25, 0.3) is 49.7 Å². The fraction of sp³-hybridized carbons (Fsp3) is 0.0204. The largest absolute Gasteiger partial charge is 0.310 e. The lowest BCUT2D eigenvalue weighted by molar-refractivity contribution is 0.793. The van der Waals surface area contributed by atoms with Crippen LogP contribution < -0.4 is 4.90 Å². The van der Waals surface area contributed by atoms with E-state index in [1.165, 1.54) is 72.0 Å². The van der Waals surface area contributed by atoms with E-state index >= 15 is 0 Å². The molecule has 0 radical (unpaired) electrons. The minimum Gasteiger partial charge on any atom is -0.310 e. The summed E-state index contributed by atoms with van der Waals surface area (Å²) in [6.45, 7) is 0. The SMILES string of the molecule is c1ccc(N(c2ccccc2)c2ccc3c4ccccc4n(-c4cccc5c4-c4ccccc4C54c5ccccc5-c5ccccc54)c3c2)cc1. The van der Waals surface area contributed by atoms with Gasteiger partial charge in [0.15, 0.2) is 0 Å². The highest BCUT2D eigenvalue weighted by atomic mass is 15.1. The zero-order valence-electron chi connectivity index (χ0n) is 27.9. The maximum atomic E-state index is 2.52. The van der Waals surface area contributed by atoms with Crippen molar-refractivity contribution >= 4 is 38.9 Å². The standard InChI is InChI=1S/C49H32N2/c1-3-16-33(17-4-1)50(34-18-5-2-6-19-34)35-30-31-39-38-22-10-14-28-45(38)51(47(39)32-35)46-29-15-27-44-48(46)40-23-9-13-26-43(40)49(44)41-24-11-7-20-36(41)37-21-8-12-25-42(37)49/h1-32H. The monoisotopic (exact) mass is 648 g/mol. The number of fused-ring (bicyclic) bond motifs is 13. The Morgan fingerprint density at radius 2 is 0.863 bits per heavy atom. The first kappa shape index (κ1) is 28.2. The van der Waals surface area contributed by atoms with Crippen LogP contribution in [0.4, 0.5) is 17.1 Å². The number of aromatic nitrogens is 1. The van der Waals surface area contributed by atoms with Gasteiger partial charge in [0.2, 0.25) is 0 Å². The van der Waals surface area contributed by atoms with Crippen molar-refractivity contribution in [1.29, 1.82) is 0 Å². The van der Waals surface area contributed by atoms with Gasteiger partial charge >= 0.3 is 0 Å². The summed E-state index contributed by atoms with van der Waals surface area (Å²) in [7, 11) is 0. The minimum atomic E-state index is -0.392. The van der Waals surface area contributed by atoms with E-state index in [9.17, 15) is 0 Å². The summed E-state index contributed by atoms with van der Waals surface area (Å²) in [5.74, 6) is 0. The minimum absolute atomic E-state index is 0.392. The molecule has 0 fully saturated rings. The molecular weight excluding hydrogens is 617 g/mol. The van der Waals surface area contributed by atoms with Crippen molar-refractivity contribution in [3.63, 3.8) is 0 Å². The molecule has 2 aliphatic carbocycles. The summed E-state index contributed by atoms with van der Waals surface area (Å²) in [4.78, 5) is 2.35.